The van der Waals surface area contributed by atoms with E-state index in [1.54, 1.807) is 38.1 Å². The Bertz CT molecular complexity index is 1490. The van der Waals surface area contributed by atoms with Gasteiger partial charge in [0.05, 0.1) is 10.6 Å². The number of anilines is 1. The summed E-state index contributed by atoms with van der Waals surface area (Å²) in [5, 5.41) is 3.23. The third kappa shape index (κ3) is 8.30. The van der Waals surface area contributed by atoms with Gasteiger partial charge in [-0.1, -0.05) is 54.4 Å². The normalized spacial score (nSPS) is 12.5. The first-order chi connectivity index (χ1) is 19.1. The lowest BCUT2D eigenvalue weighted by Gasteiger charge is -2.35. The molecule has 0 radical (unpaired) electrons. The monoisotopic (exact) mass is 601 g/mol. The average Bonchev–Trinajstić information content (AvgIpc) is 2.89. The summed E-state index contributed by atoms with van der Waals surface area (Å²) in [6, 6.07) is 15.9. The lowest BCUT2D eigenvalue weighted by atomic mass is 10.1. The summed E-state index contributed by atoms with van der Waals surface area (Å²) in [7, 11) is -4.22. The molecule has 0 heterocycles. The molecule has 1 atom stereocenters. The number of halogens is 2. The van der Waals surface area contributed by atoms with E-state index in [0.717, 1.165) is 9.87 Å². The van der Waals surface area contributed by atoms with E-state index in [1.165, 1.54) is 47.4 Å². The van der Waals surface area contributed by atoms with Crippen LogP contribution in [0.5, 0.6) is 0 Å². The summed E-state index contributed by atoms with van der Waals surface area (Å²) in [5.74, 6) is -1.40. The molecule has 0 bridgehead atoms. The van der Waals surface area contributed by atoms with Crippen molar-refractivity contribution in [2.45, 2.75) is 71.0 Å². The predicted molar refractivity (Wildman–Crippen MR) is 161 cm³/mol. The molecule has 41 heavy (non-hydrogen) atoms. The Labute approximate surface area is 247 Å². The van der Waals surface area contributed by atoms with Crippen LogP contribution in [0.25, 0.3) is 0 Å². The van der Waals surface area contributed by atoms with Crippen molar-refractivity contribution >= 4 is 39.1 Å². The van der Waals surface area contributed by atoms with Gasteiger partial charge in [0.2, 0.25) is 11.8 Å². The van der Waals surface area contributed by atoms with Crippen molar-refractivity contribution in [2.24, 2.45) is 0 Å². The molecule has 2 amide bonds. The number of aryl methyl sites for hydroxylation is 2. The van der Waals surface area contributed by atoms with Gasteiger partial charge in [-0.2, -0.15) is 0 Å². The van der Waals surface area contributed by atoms with Crippen LogP contribution in [0, 0.1) is 19.7 Å². The number of amides is 2. The van der Waals surface area contributed by atoms with E-state index in [4.69, 9.17) is 11.6 Å². The minimum atomic E-state index is -4.22. The van der Waals surface area contributed by atoms with Crippen molar-refractivity contribution in [2.75, 3.05) is 10.8 Å². The number of rotatable bonds is 10. The highest BCUT2D eigenvalue weighted by Gasteiger charge is 2.35. The van der Waals surface area contributed by atoms with Crippen LogP contribution in [0.15, 0.2) is 71.6 Å². The summed E-state index contributed by atoms with van der Waals surface area (Å²) < 4.78 is 42.7. The SMILES string of the molecule is CC[C@H](C(=O)NC(C)(C)C)N(Cc1ccc(F)cc1)C(=O)CN(c1cc(Cl)ccc1C)S(=O)(=O)c1ccc(C)cc1. The van der Waals surface area contributed by atoms with E-state index in [1.807, 2.05) is 27.7 Å². The van der Waals surface area contributed by atoms with Gasteiger partial charge in [0.15, 0.2) is 0 Å². The van der Waals surface area contributed by atoms with Crippen LogP contribution in [-0.2, 0) is 26.2 Å². The molecule has 220 valence electrons. The number of benzene rings is 3. The van der Waals surface area contributed by atoms with Crippen LogP contribution in [0.1, 0.15) is 50.8 Å². The molecule has 1 N–H and O–H groups in total. The van der Waals surface area contributed by atoms with E-state index < -0.39 is 39.9 Å². The Kier molecular flexibility index (Phi) is 10.2. The van der Waals surface area contributed by atoms with Crippen LogP contribution >= 0.6 is 11.6 Å². The molecular weight excluding hydrogens is 565 g/mol. The van der Waals surface area contributed by atoms with Gasteiger partial charge in [0.25, 0.3) is 10.0 Å². The smallest absolute Gasteiger partial charge is 0.264 e. The quantitative estimate of drug-likeness (QED) is 0.308. The van der Waals surface area contributed by atoms with Gasteiger partial charge < -0.3 is 10.2 Å². The van der Waals surface area contributed by atoms with E-state index in [9.17, 15) is 22.4 Å². The Balaban J connectivity index is 2.11. The molecule has 0 fully saturated rings. The number of hydrogen-bond donors (Lipinski definition) is 1. The number of sulfonamides is 1. The number of carbonyl (C=O) groups is 2. The second kappa shape index (κ2) is 13.0. The number of nitrogens with zero attached hydrogens (tertiary/aromatic N) is 2. The molecule has 0 aliphatic heterocycles. The zero-order valence-electron chi connectivity index (χ0n) is 24.2. The van der Waals surface area contributed by atoms with Gasteiger partial charge in [-0.25, -0.2) is 12.8 Å². The molecule has 3 aromatic rings. The highest BCUT2D eigenvalue weighted by atomic mass is 35.5. The first-order valence-corrected chi connectivity index (χ1v) is 15.2. The summed E-state index contributed by atoms with van der Waals surface area (Å²) in [6.07, 6.45) is 0.274. The highest BCUT2D eigenvalue weighted by Crippen LogP contribution is 2.30. The van der Waals surface area contributed by atoms with Crippen molar-refractivity contribution in [1.29, 1.82) is 0 Å². The van der Waals surface area contributed by atoms with Gasteiger partial charge in [0.1, 0.15) is 18.4 Å². The maximum atomic E-state index is 14.1. The first-order valence-electron chi connectivity index (χ1n) is 13.3. The minimum Gasteiger partial charge on any atom is -0.350 e. The molecule has 3 aromatic carbocycles. The maximum Gasteiger partial charge on any atom is 0.264 e. The second-order valence-electron chi connectivity index (χ2n) is 11.1. The van der Waals surface area contributed by atoms with E-state index in [2.05, 4.69) is 5.32 Å². The van der Waals surface area contributed by atoms with E-state index in [0.29, 0.717) is 16.1 Å². The molecule has 0 aliphatic rings. The fourth-order valence-corrected chi connectivity index (χ4v) is 6.00. The zero-order valence-corrected chi connectivity index (χ0v) is 25.8. The fraction of sp³-hybridized carbons (Fsp3) is 0.355. The lowest BCUT2D eigenvalue weighted by molar-refractivity contribution is -0.141. The number of nitrogens with one attached hydrogen (secondary N) is 1. The Morgan fingerprint density at radius 1 is 0.976 bits per heavy atom. The average molecular weight is 602 g/mol. The summed E-state index contributed by atoms with van der Waals surface area (Å²) in [5.41, 5.74) is 1.76. The molecular formula is C31H37ClFN3O4S. The predicted octanol–water partition coefficient (Wildman–Crippen LogP) is 6.01. The van der Waals surface area contributed by atoms with Crippen molar-refractivity contribution in [3.8, 4) is 0 Å². The molecule has 10 heteroatoms. The van der Waals surface area contributed by atoms with Gasteiger partial charge >= 0.3 is 0 Å². The van der Waals surface area contributed by atoms with Crippen molar-refractivity contribution in [1.82, 2.24) is 10.2 Å². The van der Waals surface area contributed by atoms with Crippen LogP contribution < -0.4 is 9.62 Å². The van der Waals surface area contributed by atoms with Crippen molar-refractivity contribution < 1.29 is 22.4 Å². The standard InChI is InChI=1S/C31H37ClFN3O4S/c1-7-27(30(38)34-31(4,5)6)35(19-23-11-14-25(33)15-12-23)29(37)20-36(28-18-24(32)13-10-22(28)3)41(39,40)26-16-8-21(2)9-17-26/h8-18,27H,7,19-20H2,1-6H3,(H,34,38)/t27-/m1/s1. The highest BCUT2D eigenvalue weighted by molar-refractivity contribution is 7.92. The van der Waals surface area contributed by atoms with Gasteiger partial charge in [-0.15, -0.1) is 0 Å². The van der Waals surface area contributed by atoms with Crippen molar-refractivity contribution in [3.63, 3.8) is 0 Å². The van der Waals surface area contributed by atoms with Gasteiger partial charge in [-0.3, -0.25) is 13.9 Å². The molecule has 0 saturated carbocycles. The largest absolute Gasteiger partial charge is 0.350 e. The number of hydrogen-bond acceptors (Lipinski definition) is 4. The van der Waals surface area contributed by atoms with Gasteiger partial charge in [0, 0.05) is 17.1 Å². The summed E-state index contributed by atoms with van der Waals surface area (Å²) in [6.45, 7) is 10.2. The van der Waals surface area contributed by atoms with E-state index in [-0.39, 0.29) is 29.5 Å². The maximum absolute atomic E-state index is 14.1. The zero-order chi connectivity index (χ0) is 30.5. The first kappa shape index (κ1) is 32.1. The molecule has 0 aromatic heterocycles. The molecule has 0 spiro atoms. The molecule has 3 rings (SSSR count). The summed E-state index contributed by atoms with van der Waals surface area (Å²) in [4.78, 5) is 28.9. The fourth-order valence-electron chi connectivity index (χ4n) is 4.36. The number of carbonyl (C=O) groups excluding carboxylic acids is 2. The lowest BCUT2D eigenvalue weighted by Crippen LogP contribution is -2.55. The Morgan fingerprint density at radius 2 is 1.59 bits per heavy atom. The third-order valence-corrected chi connectivity index (χ3v) is 8.49. The van der Waals surface area contributed by atoms with Crippen molar-refractivity contribution in [3.05, 3.63) is 94.3 Å². The van der Waals surface area contributed by atoms with Crippen LogP contribution in [0.3, 0.4) is 0 Å². The van der Waals surface area contributed by atoms with Crippen LogP contribution in [0.4, 0.5) is 10.1 Å². The Morgan fingerprint density at radius 3 is 2.15 bits per heavy atom. The third-order valence-electron chi connectivity index (χ3n) is 6.48. The molecule has 0 saturated heterocycles. The molecule has 0 unspecified atom stereocenters. The van der Waals surface area contributed by atoms with Crippen LogP contribution in [-0.4, -0.2) is 43.3 Å². The minimum absolute atomic E-state index is 0.0119. The Hall–Kier alpha value is -3.43. The topological polar surface area (TPSA) is 86.8 Å². The summed E-state index contributed by atoms with van der Waals surface area (Å²) >= 11 is 6.27. The van der Waals surface area contributed by atoms with Crippen LogP contribution in [0.2, 0.25) is 5.02 Å². The molecule has 0 aliphatic carbocycles. The second-order valence-corrected chi connectivity index (χ2v) is 13.4. The molecule has 7 nitrogen and oxygen atoms in total. The van der Waals surface area contributed by atoms with Gasteiger partial charge in [-0.05, 0) is 88.6 Å². The van der Waals surface area contributed by atoms with E-state index >= 15 is 0 Å².